The number of benzene rings is 2. The van der Waals surface area contributed by atoms with E-state index in [9.17, 15) is 4.79 Å². The molecule has 0 bridgehead atoms. The fraction of sp³-hybridized carbons (Fsp3) is 0.188. The summed E-state index contributed by atoms with van der Waals surface area (Å²) in [6.45, 7) is 0.613. The average Bonchev–Trinajstić information content (AvgIpc) is 2.49. The molecule has 0 aromatic heterocycles. The molecule has 21 heavy (non-hydrogen) atoms. The first-order chi connectivity index (χ1) is 10.2. The molecular formula is C16H15Cl2NOS. The number of carbonyl (C=O) groups excluding carboxylic acids is 1. The van der Waals surface area contributed by atoms with E-state index < -0.39 is 0 Å². The first kappa shape index (κ1) is 16.2. The predicted octanol–water partition coefficient (Wildman–Crippen LogP) is 4.66. The standard InChI is InChI=1S/C16H15Cl2NOS/c17-13-7-5-12(6-8-13)11-21-10-9-19-16(20)14-3-1-2-4-15(14)18/h1-8H,9-11H2,(H,19,20). The van der Waals surface area contributed by atoms with Gasteiger partial charge >= 0.3 is 0 Å². The fourth-order valence-corrected chi connectivity index (χ4v) is 2.91. The van der Waals surface area contributed by atoms with Crippen molar-refractivity contribution >= 4 is 40.9 Å². The van der Waals surface area contributed by atoms with Crippen molar-refractivity contribution in [2.75, 3.05) is 12.3 Å². The summed E-state index contributed by atoms with van der Waals surface area (Å²) in [6, 6.07) is 14.8. The van der Waals surface area contributed by atoms with Crippen LogP contribution in [-0.2, 0) is 5.75 Å². The molecule has 0 spiro atoms. The highest BCUT2D eigenvalue weighted by Crippen LogP contribution is 2.16. The molecule has 0 heterocycles. The van der Waals surface area contributed by atoms with Crippen molar-refractivity contribution in [3.8, 4) is 0 Å². The molecule has 2 aromatic rings. The largest absolute Gasteiger partial charge is 0.351 e. The number of carbonyl (C=O) groups is 1. The smallest absolute Gasteiger partial charge is 0.252 e. The predicted molar refractivity (Wildman–Crippen MR) is 91.4 cm³/mol. The lowest BCUT2D eigenvalue weighted by atomic mass is 10.2. The minimum Gasteiger partial charge on any atom is -0.351 e. The Morgan fingerprint density at radius 2 is 1.76 bits per heavy atom. The van der Waals surface area contributed by atoms with Crippen LogP contribution in [0.25, 0.3) is 0 Å². The fourth-order valence-electron chi connectivity index (χ4n) is 1.75. The van der Waals surface area contributed by atoms with Crippen molar-refractivity contribution in [3.05, 3.63) is 69.7 Å². The van der Waals surface area contributed by atoms with Crippen LogP contribution in [0.15, 0.2) is 48.5 Å². The number of amides is 1. The van der Waals surface area contributed by atoms with E-state index in [1.54, 1.807) is 36.0 Å². The third kappa shape index (κ3) is 5.27. The summed E-state index contributed by atoms with van der Waals surface area (Å²) in [5.74, 6) is 1.62. The third-order valence-electron chi connectivity index (χ3n) is 2.83. The Morgan fingerprint density at radius 1 is 1.05 bits per heavy atom. The number of halogens is 2. The summed E-state index contributed by atoms with van der Waals surface area (Å²) in [5, 5.41) is 4.09. The van der Waals surface area contributed by atoms with E-state index in [0.29, 0.717) is 17.1 Å². The number of thioether (sulfide) groups is 1. The Kier molecular flexibility index (Phi) is 6.43. The van der Waals surface area contributed by atoms with Crippen LogP contribution in [0.3, 0.4) is 0 Å². The molecule has 0 fully saturated rings. The maximum atomic E-state index is 11.9. The summed E-state index contributed by atoms with van der Waals surface area (Å²) in [6.07, 6.45) is 0. The first-order valence-corrected chi connectivity index (χ1v) is 8.43. The highest BCUT2D eigenvalue weighted by molar-refractivity contribution is 7.98. The van der Waals surface area contributed by atoms with Crippen molar-refractivity contribution in [1.29, 1.82) is 0 Å². The minimum atomic E-state index is -0.132. The van der Waals surface area contributed by atoms with Gasteiger partial charge in [-0.2, -0.15) is 11.8 Å². The van der Waals surface area contributed by atoms with Crippen LogP contribution in [0.4, 0.5) is 0 Å². The second-order valence-electron chi connectivity index (χ2n) is 4.41. The van der Waals surface area contributed by atoms with E-state index in [1.807, 2.05) is 24.3 Å². The highest BCUT2D eigenvalue weighted by Gasteiger charge is 2.08. The molecular weight excluding hydrogens is 325 g/mol. The summed E-state index contributed by atoms with van der Waals surface area (Å²) < 4.78 is 0. The maximum Gasteiger partial charge on any atom is 0.252 e. The lowest BCUT2D eigenvalue weighted by Gasteiger charge is -2.06. The molecule has 0 saturated carbocycles. The van der Waals surface area contributed by atoms with Gasteiger partial charge in [-0.15, -0.1) is 0 Å². The van der Waals surface area contributed by atoms with Crippen LogP contribution in [0.1, 0.15) is 15.9 Å². The van der Waals surface area contributed by atoms with E-state index in [-0.39, 0.29) is 5.91 Å². The average molecular weight is 340 g/mol. The summed E-state index contributed by atoms with van der Waals surface area (Å²) >= 11 is 13.6. The van der Waals surface area contributed by atoms with E-state index in [1.165, 1.54) is 5.56 Å². The summed E-state index contributed by atoms with van der Waals surface area (Å²) in [7, 11) is 0. The SMILES string of the molecule is O=C(NCCSCc1ccc(Cl)cc1)c1ccccc1Cl. The number of hydrogen-bond acceptors (Lipinski definition) is 2. The molecule has 0 saturated heterocycles. The van der Waals surface area contributed by atoms with Gasteiger partial charge in [0.1, 0.15) is 0 Å². The van der Waals surface area contributed by atoms with Crippen molar-refractivity contribution in [1.82, 2.24) is 5.32 Å². The quantitative estimate of drug-likeness (QED) is 0.775. The second-order valence-corrected chi connectivity index (χ2v) is 6.36. The lowest BCUT2D eigenvalue weighted by molar-refractivity contribution is 0.0956. The Labute approximate surface area is 138 Å². The molecule has 1 amide bonds. The summed E-state index contributed by atoms with van der Waals surface area (Å²) in [5.41, 5.74) is 1.74. The van der Waals surface area contributed by atoms with Crippen molar-refractivity contribution < 1.29 is 4.79 Å². The number of nitrogens with one attached hydrogen (secondary N) is 1. The number of rotatable bonds is 6. The monoisotopic (exact) mass is 339 g/mol. The molecule has 0 unspecified atom stereocenters. The molecule has 0 aliphatic heterocycles. The van der Waals surface area contributed by atoms with Gasteiger partial charge in [-0.3, -0.25) is 4.79 Å². The molecule has 0 atom stereocenters. The van der Waals surface area contributed by atoms with Crippen LogP contribution >= 0.6 is 35.0 Å². The Bertz CT molecular complexity index is 601. The Balaban J connectivity index is 1.69. The van der Waals surface area contributed by atoms with Gasteiger partial charge in [0, 0.05) is 23.1 Å². The van der Waals surface area contributed by atoms with Crippen LogP contribution in [-0.4, -0.2) is 18.2 Å². The topological polar surface area (TPSA) is 29.1 Å². The zero-order valence-electron chi connectivity index (χ0n) is 11.3. The molecule has 0 aliphatic rings. The molecule has 2 aromatic carbocycles. The van der Waals surface area contributed by atoms with Gasteiger partial charge in [0.15, 0.2) is 0 Å². The van der Waals surface area contributed by atoms with Gasteiger partial charge in [0.05, 0.1) is 10.6 Å². The maximum absolute atomic E-state index is 11.9. The molecule has 0 radical (unpaired) electrons. The van der Waals surface area contributed by atoms with Gasteiger partial charge in [-0.1, -0.05) is 47.5 Å². The Morgan fingerprint density at radius 3 is 2.48 bits per heavy atom. The van der Waals surface area contributed by atoms with Gasteiger partial charge in [-0.05, 0) is 29.8 Å². The first-order valence-electron chi connectivity index (χ1n) is 6.52. The van der Waals surface area contributed by atoms with E-state index in [0.717, 1.165) is 16.5 Å². The van der Waals surface area contributed by atoms with Gasteiger partial charge < -0.3 is 5.32 Å². The van der Waals surface area contributed by atoms with E-state index >= 15 is 0 Å². The van der Waals surface area contributed by atoms with Gasteiger partial charge in [-0.25, -0.2) is 0 Å². The molecule has 0 aliphatic carbocycles. The number of hydrogen-bond donors (Lipinski definition) is 1. The zero-order valence-corrected chi connectivity index (χ0v) is 13.6. The van der Waals surface area contributed by atoms with Gasteiger partial charge in [0.25, 0.3) is 5.91 Å². The molecule has 2 nitrogen and oxygen atoms in total. The van der Waals surface area contributed by atoms with Crippen LogP contribution in [0, 0.1) is 0 Å². The van der Waals surface area contributed by atoms with E-state index in [4.69, 9.17) is 23.2 Å². The van der Waals surface area contributed by atoms with Crippen molar-refractivity contribution in [3.63, 3.8) is 0 Å². The van der Waals surface area contributed by atoms with Crippen LogP contribution in [0.2, 0.25) is 10.0 Å². The zero-order chi connectivity index (χ0) is 15.1. The normalized spacial score (nSPS) is 10.4. The second kappa shape index (κ2) is 8.32. The molecule has 1 N–H and O–H groups in total. The van der Waals surface area contributed by atoms with Crippen molar-refractivity contribution in [2.24, 2.45) is 0 Å². The highest BCUT2D eigenvalue weighted by atomic mass is 35.5. The molecule has 5 heteroatoms. The summed E-state index contributed by atoms with van der Waals surface area (Å²) in [4.78, 5) is 11.9. The lowest BCUT2D eigenvalue weighted by Crippen LogP contribution is -2.26. The van der Waals surface area contributed by atoms with E-state index in [2.05, 4.69) is 5.32 Å². The van der Waals surface area contributed by atoms with Crippen LogP contribution in [0.5, 0.6) is 0 Å². The Hall–Kier alpha value is -1.16. The third-order valence-corrected chi connectivity index (χ3v) is 4.44. The minimum absolute atomic E-state index is 0.132. The molecule has 2 rings (SSSR count). The van der Waals surface area contributed by atoms with Gasteiger partial charge in [0.2, 0.25) is 0 Å². The molecule has 110 valence electrons. The van der Waals surface area contributed by atoms with Crippen molar-refractivity contribution in [2.45, 2.75) is 5.75 Å². The van der Waals surface area contributed by atoms with Crippen LogP contribution < -0.4 is 5.32 Å².